The lowest BCUT2D eigenvalue weighted by atomic mass is 10.0. The Morgan fingerprint density at radius 2 is 1.69 bits per heavy atom. The summed E-state index contributed by atoms with van der Waals surface area (Å²) in [5.74, 6) is -1.77. The van der Waals surface area contributed by atoms with E-state index in [1.54, 1.807) is 19.4 Å². The first-order valence-corrected chi connectivity index (χ1v) is 15.1. The molecule has 3 N–H and O–H groups in total. The van der Waals surface area contributed by atoms with Crippen LogP contribution >= 0.6 is 11.3 Å². The lowest BCUT2D eigenvalue weighted by molar-refractivity contribution is -0.131. The number of halogens is 2. The maximum Gasteiger partial charge on any atom is 0.240 e. The highest BCUT2D eigenvalue weighted by Crippen LogP contribution is 2.48. The molecule has 12 heteroatoms. The summed E-state index contributed by atoms with van der Waals surface area (Å²) < 4.78 is 40.2. The van der Waals surface area contributed by atoms with E-state index < -0.39 is 28.9 Å². The zero-order valence-corrected chi connectivity index (χ0v) is 25.0. The van der Waals surface area contributed by atoms with Crippen molar-refractivity contribution in [1.29, 1.82) is 0 Å². The SMILES string of the molecule is COCCNCc1cccc(-c2cc3nccc(Oc4ccc(NC(=O)C5(C(=O)Nc6ccc(F)cc6)CC5)cc4F)c3s2)n1. The van der Waals surface area contributed by atoms with E-state index in [1.807, 2.05) is 24.3 Å². The first-order chi connectivity index (χ1) is 21.8. The molecule has 0 unspecified atom stereocenters. The van der Waals surface area contributed by atoms with Crippen LogP contribution in [0.2, 0.25) is 0 Å². The molecule has 3 heterocycles. The Morgan fingerprint density at radius 3 is 2.42 bits per heavy atom. The minimum Gasteiger partial charge on any atom is -0.453 e. The van der Waals surface area contributed by atoms with Crippen LogP contribution in [0.5, 0.6) is 11.5 Å². The van der Waals surface area contributed by atoms with Gasteiger partial charge in [0.05, 0.1) is 33.1 Å². The topological polar surface area (TPSA) is 114 Å². The molecule has 0 bridgehead atoms. The van der Waals surface area contributed by atoms with Gasteiger partial charge in [-0.3, -0.25) is 19.6 Å². The second-order valence-corrected chi connectivity index (χ2v) is 11.6. The number of fused-ring (bicyclic) bond motifs is 1. The Morgan fingerprint density at radius 1 is 0.933 bits per heavy atom. The van der Waals surface area contributed by atoms with Crippen molar-refractivity contribution in [3.8, 4) is 22.1 Å². The molecule has 0 atom stereocenters. The number of nitrogens with zero attached hydrogens (tertiary/aromatic N) is 2. The molecule has 6 rings (SSSR count). The molecule has 5 aromatic rings. The Balaban J connectivity index is 1.13. The standard InChI is InChI=1S/C33H29F2N5O4S/c1-43-16-15-36-19-23-3-2-4-25(38-23)29-18-26-30(45-29)28(11-14-37-26)44-27-10-9-22(17-24(27)35)40-32(42)33(12-13-33)31(41)39-21-7-5-20(34)6-8-21/h2-11,14,17-18,36H,12-13,15-16,19H2,1H3,(H,39,41)(H,40,42). The van der Waals surface area contributed by atoms with Crippen LogP contribution in [0.4, 0.5) is 20.2 Å². The monoisotopic (exact) mass is 629 g/mol. The summed E-state index contributed by atoms with van der Waals surface area (Å²) >= 11 is 1.44. The Kier molecular flexibility index (Phi) is 8.78. The number of hydrogen-bond acceptors (Lipinski definition) is 8. The van der Waals surface area contributed by atoms with Crippen LogP contribution in [0.15, 0.2) is 79.0 Å². The zero-order chi connectivity index (χ0) is 31.4. The predicted molar refractivity (Wildman–Crippen MR) is 168 cm³/mol. The number of nitrogens with one attached hydrogen (secondary N) is 3. The molecule has 0 spiro atoms. The molecule has 1 saturated carbocycles. The van der Waals surface area contributed by atoms with Gasteiger partial charge in [-0.25, -0.2) is 8.78 Å². The van der Waals surface area contributed by atoms with E-state index in [2.05, 4.69) is 20.9 Å². The van der Waals surface area contributed by atoms with E-state index in [9.17, 15) is 14.0 Å². The van der Waals surface area contributed by atoms with Crippen LogP contribution in [0.1, 0.15) is 18.5 Å². The van der Waals surface area contributed by atoms with Crippen molar-refractivity contribution in [1.82, 2.24) is 15.3 Å². The predicted octanol–water partition coefficient (Wildman–Crippen LogP) is 6.52. The minimum atomic E-state index is -1.27. The van der Waals surface area contributed by atoms with E-state index >= 15 is 4.39 Å². The molecule has 45 heavy (non-hydrogen) atoms. The summed E-state index contributed by atoms with van der Waals surface area (Å²) in [6, 6.07) is 18.8. The van der Waals surface area contributed by atoms with Gasteiger partial charge in [0.2, 0.25) is 11.8 Å². The molecular weight excluding hydrogens is 600 g/mol. The van der Waals surface area contributed by atoms with Crippen LogP contribution in [0.25, 0.3) is 20.8 Å². The number of methoxy groups -OCH3 is 1. The number of benzene rings is 2. The van der Waals surface area contributed by atoms with E-state index in [1.165, 1.54) is 47.7 Å². The molecule has 3 aromatic heterocycles. The second kappa shape index (κ2) is 13.1. The number of rotatable bonds is 12. The highest BCUT2D eigenvalue weighted by atomic mass is 32.1. The molecule has 230 valence electrons. The van der Waals surface area contributed by atoms with Crippen molar-refractivity contribution in [2.45, 2.75) is 19.4 Å². The second-order valence-electron chi connectivity index (χ2n) is 10.6. The molecule has 9 nitrogen and oxygen atoms in total. The first-order valence-electron chi connectivity index (χ1n) is 14.2. The highest BCUT2D eigenvalue weighted by molar-refractivity contribution is 7.22. The molecule has 2 aromatic carbocycles. The van der Waals surface area contributed by atoms with Crippen molar-refractivity contribution in [2.24, 2.45) is 5.41 Å². The Labute approximate surface area is 261 Å². The van der Waals surface area contributed by atoms with Crippen LogP contribution in [0.3, 0.4) is 0 Å². The van der Waals surface area contributed by atoms with Gasteiger partial charge in [0.1, 0.15) is 17.0 Å². The zero-order valence-electron chi connectivity index (χ0n) is 24.2. The van der Waals surface area contributed by atoms with Crippen molar-refractivity contribution >= 4 is 44.7 Å². The van der Waals surface area contributed by atoms with Gasteiger partial charge in [-0.2, -0.15) is 0 Å². The molecule has 0 saturated heterocycles. The summed E-state index contributed by atoms with van der Waals surface area (Å²) in [5.41, 5.74) is 1.67. The number of anilines is 2. The lowest BCUT2D eigenvalue weighted by Crippen LogP contribution is -2.35. The largest absolute Gasteiger partial charge is 0.453 e. The Bertz CT molecular complexity index is 1860. The summed E-state index contributed by atoms with van der Waals surface area (Å²) in [7, 11) is 1.66. The van der Waals surface area contributed by atoms with Crippen molar-refractivity contribution in [2.75, 3.05) is 30.9 Å². The third-order valence-corrected chi connectivity index (χ3v) is 8.52. The third-order valence-electron chi connectivity index (χ3n) is 7.36. The van der Waals surface area contributed by atoms with Gasteiger partial charge in [-0.1, -0.05) is 6.07 Å². The van der Waals surface area contributed by atoms with Crippen molar-refractivity contribution in [3.63, 3.8) is 0 Å². The van der Waals surface area contributed by atoms with E-state index in [0.717, 1.165) is 33.6 Å². The number of thiophene rings is 1. The number of aromatic nitrogens is 2. The molecule has 0 aliphatic heterocycles. The number of hydrogen-bond donors (Lipinski definition) is 3. The van der Waals surface area contributed by atoms with Gasteiger partial charge in [0, 0.05) is 49.9 Å². The fourth-order valence-corrected chi connectivity index (χ4v) is 5.76. The maximum absolute atomic E-state index is 15.2. The normalized spacial score (nSPS) is 13.4. The highest BCUT2D eigenvalue weighted by Gasteiger charge is 2.56. The number of ether oxygens (including phenoxy) is 2. The van der Waals surface area contributed by atoms with Gasteiger partial charge in [0.15, 0.2) is 11.6 Å². The third kappa shape index (κ3) is 6.83. The summed E-state index contributed by atoms with van der Waals surface area (Å²) in [5, 5.41) is 8.58. The van der Waals surface area contributed by atoms with Crippen molar-refractivity contribution in [3.05, 3.63) is 96.3 Å². The van der Waals surface area contributed by atoms with E-state index in [4.69, 9.17) is 14.5 Å². The number of carbonyl (C=O) groups excluding carboxylic acids is 2. The van der Waals surface area contributed by atoms with Crippen LogP contribution in [-0.2, 0) is 20.9 Å². The maximum atomic E-state index is 15.2. The molecule has 1 fully saturated rings. The first kappa shape index (κ1) is 30.3. The van der Waals surface area contributed by atoms with Gasteiger partial charge in [0.25, 0.3) is 0 Å². The average Bonchev–Trinajstić information content (AvgIpc) is 3.74. The summed E-state index contributed by atoms with van der Waals surface area (Å²) in [6.45, 7) is 1.94. The van der Waals surface area contributed by atoms with E-state index in [0.29, 0.717) is 42.9 Å². The molecular formula is C33H29F2N5O4S. The quantitative estimate of drug-likeness (QED) is 0.106. The molecule has 2 amide bonds. The molecule has 1 aliphatic carbocycles. The van der Waals surface area contributed by atoms with Gasteiger partial charge < -0.3 is 25.4 Å². The van der Waals surface area contributed by atoms with Crippen LogP contribution in [-0.4, -0.2) is 42.0 Å². The fraction of sp³-hybridized carbons (Fsp3) is 0.212. The lowest BCUT2D eigenvalue weighted by Gasteiger charge is -2.16. The van der Waals surface area contributed by atoms with Gasteiger partial charge >= 0.3 is 0 Å². The number of amides is 2. The molecule has 0 radical (unpaired) electrons. The number of carbonyl (C=O) groups is 2. The van der Waals surface area contributed by atoms with E-state index in [-0.39, 0.29) is 11.4 Å². The smallest absolute Gasteiger partial charge is 0.240 e. The summed E-state index contributed by atoms with van der Waals surface area (Å²) in [6.07, 6.45) is 2.29. The summed E-state index contributed by atoms with van der Waals surface area (Å²) in [4.78, 5) is 36.0. The fourth-order valence-electron chi connectivity index (χ4n) is 4.72. The van der Waals surface area contributed by atoms with Gasteiger partial charge in [-0.05, 0) is 67.4 Å². The number of pyridine rings is 2. The average molecular weight is 630 g/mol. The van der Waals surface area contributed by atoms with Gasteiger partial charge in [-0.15, -0.1) is 11.3 Å². The molecule has 1 aliphatic rings. The van der Waals surface area contributed by atoms with Crippen molar-refractivity contribution < 1.29 is 27.8 Å². The minimum absolute atomic E-state index is 0.0344. The van der Waals surface area contributed by atoms with Crippen LogP contribution < -0.4 is 20.7 Å². The van der Waals surface area contributed by atoms with Crippen LogP contribution in [0, 0.1) is 17.0 Å². The Hall–Kier alpha value is -4.78.